The smallest absolute Gasteiger partial charge is 0.0587 e. The number of thiophene rings is 1. The molecular formula is C9H16N2OS. The van der Waals surface area contributed by atoms with Crippen LogP contribution in [0.15, 0.2) is 17.5 Å². The Hall–Kier alpha value is -0.420. The normalized spacial score (nSPS) is 13.1. The number of hydrogen-bond donors (Lipinski definition) is 2. The lowest BCUT2D eigenvalue weighted by atomic mass is 10.2. The fraction of sp³-hybridized carbons (Fsp3) is 0.556. The molecule has 0 aliphatic heterocycles. The highest BCUT2D eigenvalue weighted by atomic mass is 32.1. The lowest BCUT2D eigenvalue weighted by molar-refractivity contribution is 0.199. The Kier molecular flexibility index (Phi) is 5.00. The van der Waals surface area contributed by atoms with Crippen molar-refractivity contribution in [1.29, 1.82) is 0 Å². The summed E-state index contributed by atoms with van der Waals surface area (Å²) in [7, 11) is 1.70. The van der Waals surface area contributed by atoms with Crippen LogP contribution in [0.3, 0.4) is 0 Å². The van der Waals surface area contributed by atoms with Crippen LogP contribution in [0.5, 0.6) is 0 Å². The van der Waals surface area contributed by atoms with Gasteiger partial charge >= 0.3 is 0 Å². The summed E-state index contributed by atoms with van der Waals surface area (Å²) < 4.78 is 4.91. The largest absolute Gasteiger partial charge is 0.383 e. The maximum absolute atomic E-state index is 5.93. The maximum Gasteiger partial charge on any atom is 0.0587 e. The molecule has 0 fully saturated rings. The topological polar surface area (TPSA) is 47.3 Å². The fourth-order valence-corrected chi connectivity index (χ4v) is 1.76. The molecule has 1 rings (SSSR count). The molecule has 4 heteroatoms. The van der Waals surface area contributed by atoms with Crippen molar-refractivity contribution in [2.24, 2.45) is 5.73 Å². The minimum absolute atomic E-state index is 0.108. The van der Waals surface area contributed by atoms with E-state index in [-0.39, 0.29) is 6.04 Å². The van der Waals surface area contributed by atoms with Gasteiger partial charge in [-0.25, -0.2) is 0 Å². The van der Waals surface area contributed by atoms with Crippen molar-refractivity contribution >= 4 is 11.3 Å². The van der Waals surface area contributed by atoms with Gasteiger partial charge in [0.05, 0.1) is 12.6 Å². The van der Waals surface area contributed by atoms with E-state index in [1.807, 2.05) is 11.4 Å². The molecule has 13 heavy (non-hydrogen) atoms. The molecule has 3 nitrogen and oxygen atoms in total. The average Bonchev–Trinajstić information content (AvgIpc) is 2.65. The molecule has 1 aromatic heterocycles. The molecular weight excluding hydrogens is 184 g/mol. The van der Waals surface area contributed by atoms with Crippen molar-refractivity contribution < 1.29 is 4.74 Å². The van der Waals surface area contributed by atoms with Gasteiger partial charge in [0.1, 0.15) is 0 Å². The van der Waals surface area contributed by atoms with Gasteiger partial charge in [0.2, 0.25) is 0 Å². The van der Waals surface area contributed by atoms with Crippen LogP contribution in [0, 0.1) is 0 Å². The Balaban J connectivity index is 2.15. The van der Waals surface area contributed by atoms with Gasteiger partial charge in [-0.05, 0) is 11.4 Å². The van der Waals surface area contributed by atoms with Crippen LogP contribution in [0.25, 0.3) is 0 Å². The average molecular weight is 200 g/mol. The third-order valence-corrected chi connectivity index (χ3v) is 2.76. The number of rotatable bonds is 6. The van der Waals surface area contributed by atoms with Gasteiger partial charge in [-0.15, -0.1) is 11.3 Å². The second-order valence-corrected chi connectivity index (χ2v) is 3.80. The van der Waals surface area contributed by atoms with Gasteiger partial charge < -0.3 is 15.8 Å². The second kappa shape index (κ2) is 6.10. The molecule has 1 unspecified atom stereocenters. The first-order valence-electron chi connectivity index (χ1n) is 4.33. The fourth-order valence-electron chi connectivity index (χ4n) is 1.03. The first kappa shape index (κ1) is 10.7. The van der Waals surface area contributed by atoms with Crippen molar-refractivity contribution in [1.82, 2.24) is 5.32 Å². The lowest BCUT2D eigenvalue weighted by Crippen LogP contribution is -2.28. The molecule has 1 aromatic rings. The number of ether oxygens (including phenoxy) is 1. The highest BCUT2D eigenvalue weighted by Gasteiger charge is 2.04. The van der Waals surface area contributed by atoms with Crippen LogP contribution in [0.4, 0.5) is 0 Å². The van der Waals surface area contributed by atoms with E-state index in [4.69, 9.17) is 10.5 Å². The second-order valence-electron chi connectivity index (χ2n) is 2.82. The molecule has 1 heterocycles. The zero-order valence-corrected chi connectivity index (χ0v) is 8.64. The zero-order valence-electron chi connectivity index (χ0n) is 7.82. The van der Waals surface area contributed by atoms with Gasteiger partial charge in [0.15, 0.2) is 0 Å². The highest BCUT2D eigenvalue weighted by Crippen LogP contribution is 2.15. The Bertz CT molecular complexity index is 213. The number of nitrogens with one attached hydrogen (secondary N) is 1. The molecule has 1 atom stereocenters. The van der Waals surface area contributed by atoms with Crippen molar-refractivity contribution in [3.63, 3.8) is 0 Å². The summed E-state index contributed by atoms with van der Waals surface area (Å²) in [5.41, 5.74) is 5.93. The molecule has 3 N–H and O–H groups in total. The van der Waals surface area contributed by atoms with Gasteiger partial charge in [0.25, 0.3) is 0 Å². The number of hydrogen-bond acceptors (Lipinski definition) is 4. The van der Waals surface area contributed by atoms with E-state index in [0.717, 1.165) is 19.7 Å². The summed E-state index contributed by atoms with van der Waals surface area (Å²) in [5.74, 6) is 0. The van der Waals surface area contributed by atoms with E-state index >= 15 is 0 Å². The van der Waals surface area contributed by atoms with Crippen molar-refractivity contribution in [2.45, 2.75) is 6.04 Å². The molecule has 0 spiro atoms. The van der Waals surface area contributed by atoms with Gasteiger partial charge in [0, 0.05) is 25.1 Å². The monoisotopic (exact) mass is 200 g/mol. The number of methoxy groups -OCH3 is 1. The third kappa shape index (κ3) is 3.87. The van der Waals surface area contributed by atoms with E-state index in [9.17, 15) is 0 Å². The minimum atomic E-state index is 0.108. The van der Waals surface area contributed by atoms with Crippen LogP contribution >= 0.6 is 11.3 Å². The van der Waals surface area contributed by atoms with Crippen molar-refractivity contribution in [3.05, 3.63) is 22.4 Å². The maximum atomic E-state index is 5.93. The van der Waals surface area contributed by atoms with Crippen molar-refractivity contribution in [2.75, 3.05) is 26.8 Å². The summed E-state index contributed by atoms with van der Waals surface area (Å²) in [5, 5.41) is 5.28. The van der Waals surface area contributed by atoms with E-state index < -0.39 is 0 Å². The Morgan fingerprint density at radius 2 is 2.54 bits per heavy atom. The first-order valence-corrected chi connectivity index (χ1v) is 5.21. The molecule has 0 radical (unpaired) electrons. The standard InChI is InChI=1S/C9H16N2OS/c1-12-5-4-11-7-8(10)9-3-2-6-13-9/h2-3,6,8,11H,4-5,7,10H2,1H3. The van der Waals surface area contributed by atoms with Crippen molar-refractivity contribution in [3.8, 4) is 0 Å². The van der Waals surface area contributed by atoms with Crippen LogP contribution in [-0.2, 0) is 4.74 Å². The van der Waals surface area contributed by atoms with E-state index in [1.165, 1.54) is 4.88 Å². The van der Waals surface area contributed by atoms with E-state index in [2.05, 4.69) is 11.4 Å². The zero-order chi connectivity index (χ0) is 9.52. The van der Waals surface area contributed by atoms with Crippen LogP contribution in [0.2, 0.25) is 0 Å². The minimum Gasteiger partial charge on any atom is -0.383 e. The quantitative estimate of drug-likeness (QED) is 0.673. The highest BCUT2D eigenvalue weighted by molar-refractivity contribution is 7.10. The predicted octanol–water partition coefficient (Wildman–Crippen LogP) is 0.984. The molecule has 0 aliphatic rings. The summed E-state index contributed by atoms with van der Waals surface area (Å²) >= 11 is 1.70. The molecule has 0 saturated carbocycles. The molecule has 74 valence electrons. The Morgan fingerprint density at radius 3 is 3.15 bits per heavy atom. The molecule has 0 bridgehead atoms. The van der Waals surface area contributed by atoms with Crippen LogP contribution in [-0.4, -0.2) is 26.8 Å². The molecule has 0 amide bonds. The van der Waals surface area contributed by atoms with E-state index in [1.54, 1.807) is 18.4 Å². The van der Waals surface area contributed by atoms with Gasteiger partial charge in [-0.3, -0.25) is 0 Å². The van der Waals surface area contributed by atoms with E-state index in [0.29, 0.717) is 0 Å². The Morgan fingerprint density at radius 1 is 1.69 bits per heavy atom. The summed E-state index contributed by atoms with van der Waals surface area (Å²) in [6.45, 7) is 2.40. The number of nitrogens with two attached hydrogens (primary N) is 1. The summed E-state index contributed by atoms with van der Waals surface area (Å²) in [6, 6.07) is 4.19. The SMILES string of the molecule is COCCNCC(N)c1cccs1. The predicted molar refractivity (Wildman–Crippen MR) is 56.0 cm³/mol. The lowest BCUT2D eigenvalue weighted by Gasteiger charge is -2.10. The van der Waals surface area contributed by atoms with Crippen LogP contribution < -0.4 is 11.1 Å². The first-order chi connectivity index (χ1) is 6.34. The molecule has 0 aromatic carbocycles. The van der Waals surface area contributed by atoms with Gasteiger partial charge in [-0.2, -0.15) is 0 Å². The summed E-state index contributed by atoms with van der Waals surface area (Å²) in [6.07, 6.45) is 0. The third-order valence-electron chi connectivity index (χ3n) is 1.76. The van der Waals surface area contributed by atoms with Gasteiger partial charge in [-0.1, -0.05) is 6.07 Å². The Labute approximate surface area is 82.9 Å². The summed E-state index contributed by atoms with van der Waals surface area (Å²) in [4.78, 5) is 1.23. The van der Waals surface area contributed by atoms with Crippen LogP contribution in [0.1, 0.15) is 10.9 Å². The molecule has 0 saturated heterocycles. The molecule has 0 aliphatic carbocycles.